The molecule has 1 aliphatic rings. The van der Waals surface area contributed by atoms with Gasteiger partial charge in [-0.05, 0) is 42.5 Å². The second-order valence-electron chi connectivity index (χ2n) is 5.76. The zero-order chi connectivity index (χ0) is 13.9. The largest absolute Gasteiger partial charge is 0.399 e. The molecule has 0 heterocycles. The first kappa shape index (κ1) is 14.3. The lowest BCUT2D eigenvalue weighted by molar-refractivity contribution is 0.219. The average molecular weight is 282 g/mol. The Balaban J connectivity index is 2.03. The number of rotatable bonds is 4. The minimum Gasteiger partial charge on any atom is -0.399 e. The van der Waals surface area contributed by atoms with Crippen LogP contribution in [0.4, 0.5) is 5.69 Å². The Morgan fingerprint density at radius 3 is 2.32 bits per heavy atom. The predicted octanol–water partition coefficient (Wildman–Crippen LogP) is 2.52. The van der Waals surface area contributed by atoms with Crippen LogP contribution in [0, 0.1) is 5.41 Å². The van der Waals surface area contributed by atoms with Crippen LogP contribution in [-0.2, 0) is 10.0 Å². The van der Waals surface area contributed by atoms with Crippen LogP contribution in [0.1, 0.15) is 39.0 Å². The molecule has 0 bridgehead atoms. The SMILES string of the molecule is CC1(CNS(=O)(=O)c2ccc(N)cc2)CCCCC1. The van der Waals surface area contributed by atoms with Crippen molar-refractivity contribution in [3.63, 3.8) is 0 Å². The van der Waals surface area contributed by atoms with Gasteiger partial charge in [-0.25, -0.2) is 13.1 Å². The Labute approximate surface area is 115 Å². The molecular formula is C14H22N2O2S. The molecule has 3 N–H and O–H groups in total. The van der Waals surface area contributed by atoms with E-state index in [-0.39, 0.29) is 10.3 Å². The minimum absolute atomic E-state index is 0.0964. The maximum atomic E-state index is 12.2. The van der Waals surface area contributed by atoms with Crippen LogP contribution in [0.5, 0.6) is 0 Å². The molecule has 19 heavy (non-hydrogen) atoms. The van der Waals surface area contributed by atoms with Crippen molar-refractivity contribution < 1.29 is 8.42 Å². The molecule has 0 aliphatic heterocycles. The van der Waals surface area contributed by atoms with Gasteiger partial charge in [0.25, 0.3) is 0 Å². The zero-order valence-corrected chi connectivity index (χ0v) is 12.2. The molecular weight excluding hydrogens is 260 g/mol. The minimum atomic E-state index is -3.42. The molecule has 0 atom stereocenters. The third-order valence-corrected chi connectivity index (χ3v) is 5.36. The van der Waals surface area contributed by atoms with E-state index in [1.54, 1.807) is 24.3 Å². The smallest absolute Gasteiger partial charge is 0.240 e. The van der Waals surface area contributed by atoms with E-state index in [4.69, 9.17) is 5.73 Å². The number of benzene rings is 1. The zero-order valence-electron chi connectivity index (χ0n) is 11.4. The molecule has 0 unspecified atom stereocenters. The summed E-state index contributed by atoms with van der Waals surface area (Å²) in [6.07, 6.45) is 5.84. The van der Waals surface area contributed by atoms with E-state index in [0.717, 1.165) is 12.8 Å². The molecule has 0 amide bonds. The van der Waals surface area contributed by atoms with Crippen molar-refractivity contribution in [1.29, 1.82) is 0 Å². The van der Waals surface area contributed by atoms with E-state index in [1.807, 2.05) is 0 Å². The van der Waals surface area contributed by atoms with Crippen molar-refractivity contribution in [2.45, 2.75) is 43.9 Å². The van der Waals surface area contributed by atoms with Gasteiger partial charge in [0.2, 0.25) is 10.0 Å². The van der Waals surface area contributed by atoms with Crippen LogP contribution in [0.3, 0.4) is 0 Å². The molecule has 0 spiro atoms. The van der Waals surface area contributed by atoms with Crippen LogP contribution in [-0.4, -0.2) is 15.0 Å². The number of hydrogen-bond donors (Lipinski definition) is 2. The number of nitrogen functional groups attached to an aromatic ring is 1. The Bertz CT molecular complexity index is 517. The van der Waals surface area contributed by atoms with Crippen molar-refractivity contribution in [2.24, 2.45) is 5.41 Å². The fourth-order valence-corrected chi connectivity index (χ4v) is 3.78. The van der Waals surface area contributed by atoms with Crippen molar-refractivity contribution in [1.82, 2.24) is 4.72 Å². The van der Waals surface area contributed by atoms with Gasteiger partial charge in [0.15, 0.2) is 0 Å². The van der Waals surface area contributed by atoms with Gasteiger partial charge in [-0.3, -0.25) is 0 Å². The van der Waals surface area contributed by atoms with E-state index in [1.165, 1.54) is 19.3 Å². The summed E-state index contributed by atoms with van der Waals surface area (Å²) in [5.41, 5.74) is 6.23. The molecule has 5 heteroatoms. The van der Waals surface area contributed by atoms with Crippen molar-refractivity contribution in [3.8, 4) is 0 Å². The number of hydrogen-bond acceptors (Lipinski definition) is 3. The fraction of sp³-hybridized carbons (Fsp3) is 0.571. The average Bonchev–Trinajstić information content (AvgIpc) is 2.38. The molecule has 1 saturated carbocycles. The van der Waals surface area contributed by atoms with E-state index in [2.05, 4.69) is 11.6 Å². The number of sulfonamides is 1. The predicted molar refractivity (Wildman–Crippen MR) is 77.2 cm³/mol. The summed E-state index contributed by atoms with van der Waals surface area (Å²) in [5, 5.41) is 0. The van der Waals surface area contributed by atoms with Gasteiger partial charge < -0.3 is 5.73 Å². The topological polar surface area (TPSA) is 72.2 Å². The van der Waals surface area contributed by atoms with Gasteiger partial charge in [-0.15, -0.1) is 0 Å². The molecule has 0 radical (unpaired) electrons. The van der Waals surface area contributed by atoms with Gasteiger partial charge in [0.05, 0.1) is 4.90 Å². The molecule has 2 rings (SSSR count). The number of nitrogens with two attached hydrogens (primary N) is 1. The quantitative estimate of drug-likeness (QED) is 0.833. The maximum Gasteiger partial charge on any atom is 0.240 e. The van der Waals surface area contributed by atoms with E-state index >= 15 is 0 Å². The number of anilines is 1. The van der Waals surface area contributed by atoms with Crippen molar-refractivity contribution in [2.75, 3.05) is 12.3 Å². The number of nitrogens with one attached hydrogen (secondary N) is 1. The Morgan fingerprint density at radius 2 is 1.74 bits per heavy atom. The second-order valence-corrected chi connectivity index (χ2v) is 7.53. The standard InChI is InChI=1S/C14H22N2O2S/c1-14(9-3-2-4-10-14)11-16-19(17,18)13-7-5-12(15)6-8-13/h5-8,16H,2-4,9-11,15H2,1H3. The first-order valence-corrected chi connectivity index (χ1v) is 8.25. The van der Waals surface area contributed by atoms with Gasteiger partial charge in [0.1, 0.15) is 0 Å². The molecule has 1 fully saturated rings. The van der Waals surface area contributed by atoms with Crippen LogP contribution >= 0.6 is 0 Å². The highest BCUT2D eigenvalue weighted by molar-refractivity contribution is 7.89. The third-order valence-electron chi connectivity index (χ3n) is 3.94. The third kappa shape index (κ3) is 3.70. The van der Waals surface area contributed by atoms with Gasteiger partial charge in [-0.2, -0.15) is 0 Å². The Kier molecular flexibility index (Phi) is 4.16. The van der Waals surface area contributed by atoms with E-state index < -0.39 is 10.0 Å². The summed E-state index contributed by atoms with van der Waals surface area (Å²) in [5.74, 6) is 0. The highest BCUT2D eigenvalue weighted by atomic mass is 32.2. The highest BCUT2D eigenvalue weighted by Gasteiger charge is 2.28. The van der Waals surface area contributed by atoms with Crippen molar-refractivity contribution in [3.05, 3.63) is 24.3 Å². The lowest BCUT2D eigenvalue weighted by atomic mass is 9.76. The lowest BCUT2D eigenvalue weighted by Gasteiger charge is -2.33. The molecule has 106 valence electrons. The Morgan fingerprint density at radius 1 is 1.16 bits per heavy atom. The van der Waals surface area contributed by atoms with Gasteiger partial charge >= 0.3 is 0 Å². The molecule has 1 aromatic rings. The maximum absolute atomic E-state index is 12.2. The molecule has 1 aliphatic carbocycles. The summed E-state index contributed by atoms with van der Waals surface area (Å²) in [7, 11) is -3.42. The van der Waals surface area contributed by atoms with Crippen LogP contribution in [0.2, 0.25) is 0 Å². The molecule has 4 nitrogen and oxygen atoms in total. The lowest BCUT2D eigenvalue weighted by Crippen LogP contribution is -2.37. The van der Waals surface area contributed by atoms with Gasteiger partial charge in [0, 0.05) is 12.2 Å². The van der Waals surface area contributed by atoms with Gasteiger partial charge in [-0.1, -0.05) is 26.2 Å². The monoisotopic (exact) mass is 282 g/mol. The normalized spacial score (nSPS) is 19.2. The molecule has 0 aromatic heterocycles. The highest BCUT2D eigenvalue weighted by Crippen LogP contribution is 2.35. The van der Waals surface area contributed by atoms with Crippen LogP contribution < -0.4 is 10.5 Å². The summed E-state index contributed by atoms with van der Waals surface area (Å²) >= 11 is 0. The second kappa shape index (κ2) is 5.51. The Hall–Kier alpha value is -1.07. The summed E-state index contributed by atoms with van der Waals surface area (Å²) in [6, 6.07) is 6.30. The first-order valence-electron chi connectivity index (χ1n) is 6.77. The van der Waals surface area contributed by atoms with Crippen LogP contribution in [0.15, 0.2) is 29.2 Å². The van der Waals surface area contributed by atoms with E-state index in [0.29, 0.717) is 12.2 Å². The van der Waals surface area contributed by atoms with Crippen molar-refractivity contribution >= 4 is 15.7 Å². The fourth-order valence-electron chi connectivity index (χ4n) is 2.58. The summed E-state index contributed by atoms with van der Waals surface area (Å²) < 4.78 is 27.1. The summed E-state index contributed by atoms with van der Waals surface area (Å²) in [4.78, 5) is 0.279. The molecule has 1 aromatic carbocycles. The molecule has 0 saturated heterocycles. The van der Waals surface area contributed by atoms with Crippen LogP contribution in [0.25, 0.3) is 0 Å². The first-order chi connectivity index (χ1) is 8.91. The summed E-state index contributed by atoms with van der Waals surface area (Å²) in [6.45, 7) is 2.68. The van der Waals surface area contributed by atoms with E-state index in [9.17, 15) is 8.42 Å².